The normalized spacial score (nSPS) is 18.6. The van der Waals surface area contributed by atoms with E-state index in [0.29, 0.717) is 5.02 Å². The molecule has 13 heavy (non-hydrogen) atoms. The third kappa shape index (κ3) is 2.58. The van der Waals surface area contributed by atoms with Crippen LogP contribution in [-0.2, 0) is 6.42 Å². The maximum Gasteiger partial charge on any atom is 0.0589 e. The Morgan fingerprint density at radius 3 is 2.77 bits per heavy atom. The van der Waals surface area contributed by atoms with Crippen LogP contribution in [0.2, 0.25) is 5.02 Å². The van der Waals surface area contributed by atoms with Gasteiger partial charge in [0.05, 0.1) is 5.02 Å². The number of halogens is 2. The number of hydrogen-bond acceptors (Lipinski definition) is 1. The summed E-state index contributed by atoms with van der Waals surface area (Å²) in [6.07, 6.45) is 5.10. The molecule has 0 N–H and O–H groups in total. The molecule has 1 heterocycles. The molecule has 0 bridgehead atoms. The molecular weight excluding hydrogens is 205 g/mol. The van der Waals surface area contributed by atoms with Gasteiger partial charge in [0.2, 0.25) is 0 Å². The second kappa shape index (κ2) is 3.85. The largest absolute Gasteiger partial charge is 0.260 e. The van der Waals surface area contributed by atoms with E-state index < -0.39 is 0 Å². The Morgan fingerprint density at radius 1 is 1.46 bits per heavy atom. The van der Waals surface area contributed by atoms with Crippen LogP contribution in [0.3, 0.4) is 0 Å². The van der Waals surface area contributed by atoms with Crippen molar-refractivity contribution >= 4 is 23.2 Å². The van der Waals surface area contributed by atoms with Gasteiger partial charge in [0.15, 0.2) is 0 Å². The van der Waals surface area contributed by atoms with Crippen molar-refractivity contribution < 1.29 is 0 Å². The third-order valence-corrected chi connectivity index (χ3v) is 3.06. The summed E-state index contributed by atoms with van der Waals surface area (Å²) in [4.78, 5) is 4.21. The predicted octanol–water partition coefficient (Wildman–Crippen LogP) is 3.29. The summed E-state index contributed by atoms with van der Waals surface area (Å²) in [5.74, 6) is 0.721. The first kappa shape index (κ1) is 9.29. The summed E-state index contributed by atoms with van der Waals surface area (Å²) in [6.45, 7) is 0. The molecule has 3 heteroatoms. The van der Waals surface area contributed by atoms with E-state index in [9.17, 15) is 0 Å². The minimum atomic E-state index is 0.258. The van der Waals surface area contributed by atoms with Gasteiger partial charge in [-0.25, -0.2) is 0 Å². The molecule has 0 spiro atoms. The lowest BCUT2D eigenvalue weighted by molar-refractivity contribution is 0.724. The fourth-order valence-corrected chi connectivity index (χ4v) is 1.87. The molecular formula is C10H11Cl2N. The molecule has 0 radical (unpaired) electrons. The molecule has 70 valence electrons. The number of pyridine rings is 1. The van der Waals surface area contributed by atoms with Crippen LogP contribution in [0.5, 0.6) is 0 Å². The van der Waals surface area contributed by atoms with Crippen LogP contribution in [0, 0.1) is 5.92 Å². The Balaban J connectivity index is 1.96. The fraction of sp³-hybridized carbons (Fsp3) is 0.500. The number of nitrogens with zero attached hydrogens (tertiary/aromatic N) is 1. The Labute approximate surface area is 88.1 Å². The van der Waals surface area contributed by atoms with E-state index in [-0.39, 0.29) is 5.38 Å². The lowest BCUT2D eigenvalue weighted by Crippen LogP contribution is -2.06. The van der Waals surface area contributed by atoms with Gasteiger partial charge in [-0.15, -0.1) is 11.6 Å². The molecule has 1 fully saturated rings. The Hall–Kier alpha value is -0.270. The summed E-state index contributed by atoms with van der Waals surface area (Å²) in [7, 11) is 0. The first-order chi connectivity index (χ1) is 6.25. The maximum atomic E-state index is 6.18. The predicted molar refractivity (Wildman–Crippen MR) is 55.3 cm³/mol. The smallest absolute Gasteiger partial charge is 0.0589 e. The van der Waals surface area contributed by atoms with Gasteiger partial charge >= 0.3 is 0 Å². The van der Waals surface area contributed by atoms with Gasteiger partial charge in [-0.1, -0.05) is 11.6 Å². The second-order valence-corrected chi connectivity index (χ2v) is 4.52. The van der Waals surface area contributed by atoms with E-state index in [4.69, 9.17) is 23.2 Å². The van der Waals surface area contributed by atoms with Crippen LogP contribution < -0.4 is 0 Å². The zero-order valence-corrected chi connectivity index (χ0v) is 8.72. The monoisotopic (exact) mass is 215 g/mol. The zero-order chi connectivity index (χ0) is 9.26. The van der Waals surface area contributed by atoms with E-state index >= 15 is 0 Å². The quantitative estimate of drug-likeness (QED) is 0.706. The van der Waals surface area contributed by atoms with Crippen LogP contribution >= 0.6 is 23.2 Å². The topological polar surface area (TPSA) is 12.9 Å². The van der Waals surface area contributed by atoms with Crippen molar-refractivity contribution in [2.75, 3.05) is 0 Å². The van der Waals surface area contributed by atoms with E-state index in [1.807, 2.05) is 12.1 Å². The minimum absolute atomic E-state index is 0.258. The van der Waals surface area contributed by atoms with E-state index in [0.717, 1.165) is 18.0 Å². The van der Waals surface area contributed by atoms with Crippen LogP contribution in [0.15, 0.2) is 18.3 Å². The highest BCUT2D eigenvalue weighted by molar-refractivity contribution is 6.30. The van der Waals surface area contributed by atoms with Gasteiger partial charge in [-0.05, 0) is 30.9 Å². The molecule has 0 amide bonds. The van der Waals surface area contributed by atoms with Gasteiger partial charge < -0.3 is 0 Å². The van der Waals surface area contributed by atoms with Crippen molar-refractivity contribution in [2.24, 2.45) is 5.92 Å². The van der Waals surface area contributed by atoms with Crippen LogP contribution in [0.1, 0.15) is 18.5 Å². The van der Waals surface area contributed by atoms with Gasteiger partial charge in [-0.3, -0.25) is 4.98 Å². The highest BCUT2D eigenvalue weighted by Crippen LogP contribution is 2.36. The first-order valence-corrected chi connectivity index (χ1v) is 5.31. The number of rotatable bonds is 3. The molecule has 1 unspecified atom stereocenters. The summed E-state index contributed by atoms with van der Waals surface area (Å²) >= 11 is 11.9. The van der Waals surface area contributed by atoms with Crippen LogP contribution in [-0.4, -0.2) is 10.4 Å². The summed E-state index contributed by atoms with van der Waals surface area (Å²) in [5.41, 5.74) is 1.04. The molecule has 1 aromatic heterocycles. The standard InChI is InChI=1S/C10H11Cl2N/c11-8-3-4-9(13-6-8)5-10(12)7-1-2-7/h3-4,6-7,10H,1-2,5H2. The minimum Gasteiger partial charge on any atom is -0.260 e. The molecule has 1 aromatic rings. The molecule has 1 aliphatic carbocycles. The van der Waals surface area contributed by atoms with Crippen LogP contribution in [0.4, 0.5) is 0 Å². The molecule has 1 aliphatic rings. The fourth-order valence-electron chi connectivity index (χ4n) is 1.35. The van der Waals surface area contributed by atoms with Gasteiger partial charge in [0, 0.05) is 23.7 Å². The third-order valence-electron chi connectivity index (χ3n) is 2.33. The average Bonchev–Trinajstić information content (AvgIpc) is 2.91. The van der Waals surface area contributed by atoms with Crippen molar-refractivity contribution in [3.8, 4) is 0 Å². The number of aromatic nitrogens is 1. The summed E-state index contributed by atoms with van der Waals surface area (Å²) in [5, 5.41) is 0.940. The first-order valence-electron chi connectivity index (χ1n) is 4.50. The summed E-state index contributed by atoms with van der Waals surface area (Å²) in [6, 6.07) is 3.81. The Morgan fingerprint density at radius 2 is 2.23 bits per heavy atom. The van der Waals surface area contributed by atoms with Gasteiger partial charge in [0.1, 0.15) is 0 Å². The van der Waals surface area contributed by atoms with Gasteiger partial charge in [0.25, 0.3) is 0 Å². The summed E-state index contributed by atoms with van der Waals surface area (Å²) < 4.78 is 0. The van der Waals surface area contributed by atoms with E-state index in [1.165, 1.54) is 12.8 Å². The van der Waals surface area contributed by atoms with E-state index in [1.54, 1.807) is 6.20 Å². The van der Waals surface area contributed by atoms with Crippen molar-refractivity contribution in [3.63, 3.8) is 0 Å². The molecule has 1 saturated carbocycles. The molecule has 1 nitrogen and oxygen atoms in total. The van der Waals surface area contributed by atoms with Crippen molar-refractivity contribution in [1.29, 1.82) is 0 Å². The molecule has 1 atom stereocenters. The molecule has 0 saturated heterocycles. The van der Waals surface area contributed by atoms with Crippen molar-refractivity contribution in [2.45, 2.75) is 24.6 Å². The second-order valence-electron chi connectivity index (χ2n) is 3.53. The lowest BCUT2D eigenvalue weighted by Gasteiger charge is -2.06. The molecule has 0 aliphatic heterocycles. The van der Waals surface area contributed by atoms with Crippen LogP contribution in [0.25, 0.3) is 0 Å². The van der Waals surface area contributed by atoms with Crippen molar-refractivity contribution in [1.82, 2.24) is 4.98 Å². The SMILES string of the molecule is Clc1ccc(CC(Cl)C2CC2)nc1. The highest BCUT2D eigenvalue weighted by Gasteiger charge is 2.29. The maximum absolute atomic E-state index is 6.18. The Kier molecular flexibility index (Phi) is 2.75. The lowest BCUT2D eigenvalue weighted by atomic mass is 10.1. The number of alkyl halides is 1. The van der Waals surface area contributed by atoms with Crippen molar-refractivity contribution in [3.05, 3.63) is 29.0 Å². The highest BCUT2D eigenvalue weighted by atomic mass is 35.5. The van der Waals surface area contributed by atoms with Gasteiger partial charge in [-0.2, -0.15) is 0 Å². The molecule has 2 rings (SSSR count). The van der Waals surface area contributed by atoms with E-state index in [2.05, 4.69) is 4.98 Å². The molecule has 0 aromatic carbocycles. The average molecular weight is 216 g/mol. The number of hydrogen-bond donors (Lipinski definition) is 0. The zero-order valence-electron chi connectivity index (χ0n) is 7.21. The Bertz CT molecular complexity index is 279.